The molecular weight excluding hydrogens is 347 g/mol. The fraction of sp³-hybridized carbons (Fsp3) is 0.235. The maximum atomic E-state index is 12.7. The monoisotopic (exact) mass is 363 g/mol. The smallest absolute Gasteiger partial charge is 0.334 e. The highest BCUT2D eigenvalue weighted by Gasteiger charge is 2.30. The molecule has 0 saturated carbocycles. The number of fused-ring (bicyclic) bond motifs is 1. The van der Waals surface area contributed by atoms with Gasteiger partial charge in [0.1, 0.15) is 0 Å². The number of pyridine rings is 1. The van der Waals surface area contributed by atoms with E-state index in [4.69, 9.17) is 0 Å². The largest absolute Gasteiger partial charge is 0.416 e. The van der Waals surface area contributed by atoms with Gasteiger partial charge in [-0.15, -0.1) is 10.2 Å². The van der Waals surface area contributed by atoms with Crippen LogP contribution in [0.1, 0.15) is 29.9 Å². The Hall–Kier alpha value is -3.10. The molecule has 3 rings (SSSR count). The molecule has 0 fully saturated rings. The number of halogens is 3. The van der Waals surface area contributed by atoms with Crippen LogP contribution in [0.4, 0.5) is 18.0 Å². The second kappa shape index (κ2) is 7.03. The Kier molecular flexibility index (Phi) is 4.79. The Bertz CT molecular complexity index is 922. The Morgan fingerprint density at radius 3 is 2.77 bits per heavy atom. The highest BCUT2D eigenvalue weighted by atomic mass is 19.4. The summed E-state index contributed by atoms with van der Waals surface area (Å²) < 4.78 is 39.9. The van der Waals surface area contributed by atoms with E-state index in [2.05, 4.69) is 20.8 Å². The average molecular weight is 363 g/mol. The third kappa shape index (κ3) is 3.93. The summed E-state index contributed by atoms with van der Waals surface area (Å²) in [6.45, 7) is 1.72. The Morgan fingerprint density at radius 1 is 1.19 bits per heavy atom. The quantitative estimate of drug-likeness (QED) is 0.747. The van der Waals surface area contributed by atoms with Gasteiger partial charge < -0.3 is 10.6 Å². The van der Waals surface area contributed by atoms with E-state index < -0.39 is 23.8 Å². The molecule has 26 heavy (non-hydrogen) atoms. The van der Waals surface area contributed by atoms with E-state index in [0.717, 1.165) is 12.1 Å². The number of benzene rings is 1. The maximum absolute atomic E-state index is 12.7. The van der Waals surface area contributed by atoms with Gasteiger partial charge >= 0.3 is 12.2 Å². The number of rotatable bonds is 4. The lowest BCUT2D eigenvalue weighted by Crippen LogP contribution is -2.37. The van der Waals surface area contributed by atoms with Crippen LogP contribution >= 0.6 is 0 Å². The van der Waals surface area contributed by atoms with Crippen LogP contribution in [0.2, 0.25) is 0 Å². The molecule has 136 valence electrons. The third-order valence-electron chi connectivity index (χ3n) is 3.78. The third-order valence-corrected chi connectivity index (χ3v) is 3.78. The van der Waals surface area contributed by atoms with E-state index in [-0.39, 0.29) is 6.54 Å². The molecule has 2 amide bonds. The van der Waals surface area contributed by atoms with E-state index in [1.807, 2.05) is 12.1 Å². The summed E-state index contributed by atoms with van der Waals surface area (Å²) >= 11 is 0. The van der Waals surface area contributed by atoms with Gasteiger partial charge in [-0.05, 0) is 36.8 Å². The lowest BCUT2D eigenvalue weighted by Gasteiger charge is -2.14. The first-order valence-electron chi connectivity index (χ1n) is 7.85. The number of hydrogen-bond donors (Lipinski definition) is 2. The van der Waals surface area contributed by atoms with Crippen LogP contribution in [0.15, 0.2) is 48.7 Å². The van der Waals surface area contributed by atoms with Gasteiger partial charge in [0.25, 0.3) is 0 Å². The first-order valence-corrected chi connectivity index (χ1v) is 7.85. The lowest BCUT2D eigenvalue weighted by atomic mass is 10.1. The van der Waals surface area contributed by atoms with Crippen LogP contribution in [-0.4, -0.2) is 20.6 Å². The van der Waals surface area contributed by atoms with Crippen LogP contribution in [0, 0.1) is 0 Å². The zero-order valence-electron chi connectivity index (χ0n) is 13.8. The maximum Gasteiger partial charge on any atom is 0.416 e. The minimum absolute atomic E-state index is 0.0247. The van der Waals surface area contributed by atoms with Crippen LogP contribution in [0.25, 0.3) is 5.65 Å². The van der Waals surface area contributed by atoms with Gasteiger partial charge in [0.05, 0.1) is 11.6 Å². The summed E-state index contributed by atoms with van der Waals surface area (Å²) in [5, 5.41) is 13.3. The van der Waals surface area contributed by atoms with Gasteiger partial charge in [0.2, 0.25) is 0 Å². The highest BCUT2D eigenvalue weighted by molar-refractivity contribution is 5.74. The molecule has 0 bridgehead atoms. The molecule has 0 radical (unpaired) electrons. The minimum Gasteiger partial charge on any atom is -0.334 e. The molecule has 0 saturated heterocycles. The topological polar surface area (TPSA) is 71.3 Å². The molecular formula is C17H16F3N5O. The summed E-state index contributed by atoms with van der Waals surface area (Å²) in [7, 11) is 0. The van der Waals surface area contributed by atoms with Gasteiger partial charge in [0.15, 0.2) is 11.5 Å². The van der Waals surface area contributed by atoms with Crippen molar-refractivity contribution >= 4 is 11.7 Å². The van der Waals surface area contributed by atoms with Crippen LogP contribution in [0.3, 0.4) is 0 Å². The summed E-state index contributed by atoms with van der Waals surface area (Å²) in [4.78, 5) is 12.0. The van der Waals surface area contributed by atoms with Crippen molar-refractivity contribution < 1.29 is 18.0 Å². The number of hydrogen-bond acceptors (Lipinski definition) is 3. The number of urea groups is 1. The van der Waals surface area contributed by atoms with Crippen LogP contribution in [-0.2, 0) is 12.7 Å². The lowest BCUT2D eigenvalue weighted by molar-refractivity contribution is -0.137. The Labute approximate surface area is 147 Å². The van der Waals surface area contributed by atoms with Crippen molar-refractivity contribution in [2.75, 3.05) is 0 Å². The molecule has 6 nitrogen and oxygen atoms in total. The summed E-state index contributed by atoms with van der Waals surface area (Å²) in [5.41, 5.74) is 0.261. The first kappa shape index (κ1) is 17.7. The predicted molar refractivity (Wildman–Crippen MR) is 88.2 cm³/mol. The van der Waals surface area contributed by atoms with Crippen molar-refractivity contribution in [1.29, 1.82) is 0 Å². The molecule has 1 aromatic carbocycles. The molecule has 3 aromatic rings. The summed E-state index contributed by atoms with van der Waals surface area (Å²) in [6.07, 6.45) is -2.63. The van der Waals surface area contributed by atoms with Crippen LogP contribution < -0.4 is 10.6 Å². The fourth-order valence-electron chi connectivity index (χ4n) is 2.51. The predicted octanol–water partition coefficient (Wildman–Crippen LogP) is 3.31. The van der Waals surface area contributed by atoms with Crippen molar-refractivity contribution in [2.24, 2.45) is 0 Å². The van der Waals surface area contributed by atoms with Gasteiger partial charge in [-0.1, -0.05) is 18.2 Å². The van der Waals surface area contributed by atoms with Crippen molar-refractivity contribution in [3.63, 3.8) is 0 Å². The van der Waals surface area contributed by atoms with E-state index in [1.54, 1.807) is 23.6 Å². The van der Waals surface area contributed by atoms with Crippen LogP contribution in [0.5, 0.6) is 0 Å². The van der Waals surface area contributed by atoms with Gasteiger partial charge in [0, 0.05) is 12.7 Å². The second-order valence-corrected chi connectivity index (χ2v) is 5.73. The van der Waals surface area contributed by atoms with Crippen molar-refractivity contribution in [2.45, 2.75) is 25.7 Å². The van der Waals surface area contributed by atoms with E-state index in [9.17, 15) is 18.0 Å². The van der Waals surface area contributed by atoms with E-state index in [0.29, 0.717) is 17.0 Å². The number of aromatic nitrogens is 3. The number of alkyl halides is 3. The SMILES string of the molecule is CC(NC(=O)NCc1cccc(C(F)(F)F)c1)c1nnc2ccccn12. The number of carbonyl (C=O) groups is 1. The number of nitrogens with zero attached hydrogens (tertiary/aromatic N) is 3. The molecule has 2 N–H and O–H groups in total. The molecule has 9 heteroatoms. The van der Waals surface area contributed by atoms with Gasteiger partial charge in [-0.2, -0.15) is 13.2 Å². The number of amides is 2. The van der Waals surface area contributed by atoms with E-state index >= 15 is 0 Å². The normalized spacial score (nSPS) is 12.8. The molecule has 0 aliphatic carbocycles. The number of nitrogens with one attached hydrogen (secondary N) is 2. The second-order valence-electron chi connectivity index (χ2n) is 5.73. The zero-order valence-corrected chi connectivity index (χ0v) is 13.8. The van der Waals surface area contributed by atoms with Gasteiger partial charge in [-0.3, -0.25) is 4.40 Å². The molecule has 1 unspecified atom stereocenters. The summed E-state index contributed by atoms with van der Waals surface area (Å²) in [5.74, 6) is 0.551. The summed E-state index contributed by atoms with van der Waals surface area (Å²) in [6, 6.07) is 9.31. The molecule has 2 aromatic heterocycles. The molecule has 2 heterocycles. The average Bonchev–Trinajstić information content (AvgIpc) is 3.04. The van der Waals surface area contributed by atoms with Crippen molar-refractivity contribution in [3.05, 3.63) is 65.6 Å². The minimum atomic E-state index is -4.42. The molecule has 1 atom stereocenters. The molecule has 0 spiro atoms. The van der Waals surface area contributed by atoms with Crippen molar-refractivity contribution in [3.8, 4) is 0 Å². The zero-order chi connectivity index (χ0) is 18.7. The van der Waals surface area contributed by atoms with E-state index in [1.165, 1.54) is 12.1 Å². The highest BCUT2D eigenvalue weighted by Crippen LogP contribution is 2.29. The van der Waals surface area contributed by atoms with Crippen molar-refractivity contribution in [1.82, 2.24) is 25.2 Å². The molecule has 0 aliphatic rings. The first-order chi connectivity index (χ1) is 12.3. The Morgan fingerprint density at radius 2 is 2.00 bits per heavy atom. The Balaban J connectivity index is 1.61. The molecule has 0 aliphatic heterocycles. The fourth-order valence-corrected chi connectivity index (χ4v) is 2.51. The van der Waals surface area contributed by atoms with Gasteiger partial charge in [-0.25, -0.2) is 4.79 Å². The number of carbonyl (C=O) groups excluding carboxylic acids is 1. The standard InChI is InChI=1S/C17H16F3N5O/c1-11(15-24-23-14-7-2-3-8-25(14)15)22-16(26)21-10-12-5-4-6-13(9-12)17(18,19)20/h2-9,11H,10H2,1H3,(H2,21,22,26).